The lowest BCUT2D eigenvalue weighted by molar-refractivity contribution is -0.132. The Balaban J connectivity index is 1.33. The van der Waals surface area contributed by atoms with E-state index in [1.807, 2.05) is 47.6 Å². The van der Waals surface area contributed by atoms with E-state index >= 15 is 0 Å². The van der Waals surface area contributed by atoms with E-state index in [-0.39, 0.29) is 5.91 Å². The van der Waals surface area contributed by atoms with Crippen LogP contribution in [0.2, 0.25) is 0 Å². The quantitative estimate of drug-likeness (QED) is 0.595. The van der Waals surface area contributed by atoms with Crippen molar-refractivity contribution in [3.8, 4) is 5.75 Å². The lowest BCUT2D eigenvalue weighted by Crippen LogP contribution is -2.36. The van der Waals surface area contributed by atoms with Crippen LogP contribution < -0.4 is 4.74 Å². The van der Waals surface area contributed by atoms with Crippen LogP contribution in [0.25, 0.3) is 21.9 Å². The van der Waals surface area contributed by atoms with Gasteiger partial charge in [-0.3, -0.25) is 4.79 Å². The summed E-state index contributed by atoms with van der Waals surface area (Å²) in [4.78, 5) is 22.7. The third kappa shape index (κ3) is 2.81. The van der Waals surface area contributed by atoms with Crippen LogP contribution in [-0.2, 0) is 24.3 Å². The summed E-state index contributed by atoms with van der Waals surface area (Å²) in [6, 6.07) is 14.1. The molecule has 6 nitrogen and oxygen atoms in total. The highest BCUT2D eigenvalue weighted by molar-refractivity contribution is 5.87. The number of aryl methyl sites for hydroxylation is 1. The first-order chi connectivity index (χ1) is 13.7. The van der Waals surface area contributed by atoms with Crippen molar-refractivity contribution in [3.63, 3.8) is 0 Å². The van der Waals surface area contributed by atoms with E-state index < -0.39 is 0 Å². The number of rotatable bonds is 4. The molecule has 1 aliphatic rings. The van der Waals surface area contributed by atoms with E-state index in [4.69, 9.17) is 4.74 Å². The summed E-state index contributed by atoms with van der Waals surface area (Å²) < 4.78 is 7.42. The van der Waals surface area contributed by atoms with Crippen molar-refractivity contribution < 1.29 is 9.53 Å². The average Bonchev–Trinajstić information content (AvgIpc) is 3.32. The van der Waals surface area contributed by atoms with Crippen molar-refractivity contribution >= 4 is 27.8 Å². The van der Waals surface area contributed by atoms with Crippen molar-refractivity contribution in [2.45, 2.75) is 25.9 Å². The number of carbonyl (C=O) groups excluding carboxylic acids is 1. The Bertz CT molecular complexity index is 1170. The molecule has 142 valence electrons. The van der Waals surface area contributed by atoms with Crippen molar-refractivity contribution in [1.82, 2.24) is 19.4 Å². The number of fused-ring (bicyclic) bond motifs is 4. The minimum Gasteiger partial charge on any atom is -0.497 e. The van der Waals surface area contributed by atoms with E-state index in [2.05, 4.69) is 20.6 Å². The second-order valence-electron chi connectivity index (χ2n) is 7.24. The first-order valence-corrected chi connectivity index (χ1v) is 9.58. The minimum absolute atomic E-state index is 0.181. The average molecular weight is 374 g/mol. The second-order valence-corrected chi connectivity index (χ2v) is 7.24. The summed E-state index contributed by atoms with van der Waals surface area (Å²) >= 11 is 0. The first-order valence-electron chi connectivity index (χ1n) is 9.58. The molecule has 0 radical (unpaired) electrons. The Morgan fingerprint density at radius 2 is 2.14 bits per heavy atom. The topological polar surface area (TPSA) is 63.1 Å². The normalized spacial score (nSPS) is 13.8. The van der Waals surface area contributed by atoms with Crippen LogP contribution in [-0.4, -0.2) is 39.0 Å². The van der Waals surface area contributed by atoms with Gasteiger partial charge < -0.3 is 19.2 Å². The van der Waals surface area contributed by atoms with Crippen molar-refractivity contribution in [3.05, 3.63) is 60.0 Å². The van der Waals surface area contributed by atoms with Crippen LogP contribution in [0.3, 0.4) is 0 Å². The van der Waals surface area contributed by atoms with Crippen molar-refractivity contribution in [2.75, 3.05) is 13.7 Å². The van der Waals surface area contributed by atoms with Gasteiger partial charge in [-0.1, -0.05) is 12.1 Å². The number of hydrogen-bond acceptors (Lipinski definition) is 3. The molecule has 1 aliphatic heterocycles. The number of benzene rings is 2. The zero-order valence-electron chi connectivity index (χ0n) is 15.8. The molecule has 0 aliphatic carbocycles. The Kier molecular flexibility index (Phi) is 4.04. The van der Waals surface area contributed by atoms with Crippen molar-refractivity contribution in [1.29, 1.82) is 0 Å². The zero-order chi connectivity index (χ0) is 19.1. The fourth-order valence-electron chi connectivity index (χ4n) is 4.10. The minimum atomic E-state index is 0.181. The Labute approximate surface area is 162 Å². The standard InChI is InChI=1S/C22H22N4O2/c1-28-15-6-7-18-16(12-15)17-13-25(10-8-19(17)24-18)22(27)9-11-26-14-23-20-4-2-3-5-21(20)26/h2-7,12,14,24H,8-11,13H2,1H3. The fraction of sp³-hybridized carbons (Fsp3) is 0.273. The summed E-state index contributed by atoms with van der Waals surface area (Å²) in [5, 5.41) is 1.15. The molecule has 0 saturated carbocycles. The van der Waals surface area contributed by atoms with Gasteiger partial charge in [0.2, 0.25) is 5.91 Å². The number of methoxy groups -OCH3 is 1. The summed E-state index contributed by atoms with van der Waals surface area (Å²) in [6.07, 6.45) is 3.14. The van der Waals surface area contributed by atoms with Gasteiger partial charge >= 0.3 is 0 Å². The zero-order valence-corrected chi connectivity index (χ0v) is 15.8. The Morgan fingerprint density at radius 1 is 1.25 bits per heavy atom. The predicted octanol–water partition coefficient (Wildman–Crippen LogP) is 3.50. The van der Waals surface area contributed by atoms with Gasteiger partial charge in [0.05, 0.1) is 24.5 Å². The number of carbonyl (C=O) groups is 1. The Hall–Kier alpha value is -3.28. The highest BCUT2D eigenvalue weighted by Gasteiger charge is 2.24. The molecule has 0 atom stereocenters. The fourth-order valence-corrected chi connectivity index (χ4v) is 4.10. The van der Waals surface area contributed by atoms with Crippen LogP contribution in [0.4, 0.5) is 0 Å². The highest BCUT2D eigenvalue weighted by atomic mass is 16.5. The summed E-state index contributed by atoms with van der Waals surface area (Å²) in [5.74, 6) is 1.02. The number of para-hydroxylation sites is 2. The molecule has 2 aromatic carbocycles. The van der Waals surface area contributed by atoms with Gasteiger partial charge in [0.15, 0.2) is 0 Å². The monoisotopic (exact) mass is 374 g/mol. The third-order valence-electron chi connectivity index (χ3n) is 5.63. The van der Waals surface area contributed by atoms with E-state index in [1.165, 1.54) is 11.3 Å². The maximum atomic E-state index is 12.9. The molecule has 2 aromatic heterocycles. The van der Waals surface area contributed by atoms with Gasteiger partial charge in [-0.2, -0.15) is 0 Å². The van der Waals surface area contributed by atoms with E-state index in [1.54, 1.807) is 7.11 Å². The third-order valence-corrected chi connectivity index (χ3v) is 5.63. The molecule has 1 N–H and O–H groups in total. The number of amides is 1. The molecular formula is C22H22N4O2. The molecule has 3 heterocycles. The van der Waals surface area contributed by atoms with Gasteiger partial charge in [0.25, 0.3) is 0 Å². The second kappa shape index (κ2) is 6.71. The molecule has 28 heavy (non-hydrogen) atoms. The molecule has 0 saturated heterocycles. The predicted molar refractivity (Wildman–Crippen MR) is 108 cm³/mol. The molecule has 0 bridgehead atoms. The van der Waals surface area contributed by atoms with Gasteiger partial charge in [0, 0.05) is 54.6 Å². The molecular weight excluding hydrogens is 352 g/mol. The summed E-state index contributed by atoms with van der Waals surface area (Å²) in [6.45, 7) is 2.04. The van der Waals surface area contributed by atoms with E-state index in [9.17, 15) is 4.79 Å². The lowest BCUT2D eigenvalue weighted by Gasteiger charge is -2.27. The maximum Gasteiger partial charge on any atom is 0.224 e. The lowest BCUT2D eigenvalue weighted by atomic mass is 10.0. The van der Waals surface area contributed by atoms with Gasteiger partial charge in [-0.15, -0.1) is 0 Å². The number of hydrogen-bond donors (Lipinski definition) is 1. The number of H-pyrrole nitrogens is 1. The summed E-state index contributed by atoms with van der Waals surface area (Å²) in [7, 11) is 1.68. The van der Waals surface area contributed by atoms with E-state index in [0.29, 0.717) is 19.5 Å². The molecule has 1 amide bonds. The van der Waals surface area contributed by atoms with Crippen LogP contribution in [0, 0.1) is 0 Å². The largest absolute Gasteiger partial charge is 0.497 e. The van der Waals surface area contributed by atoms with Gasteiger partial charge in [-0.25, -0.2) is 4.98 Å². The number of nitrogens with zero attached hydrogens (tertiary/aromatic N) is 3. The molecule has 0 unspecified atom stereocenters. The smallest absolute Gasteiger partial charge is 0.224 e. The van der Waals surface area contributed by atoms with Gasteiger partial charge in [0.1, 0.15) is 5.75 Å². The number of aromatic amines is 1. The van der Waals surface area contributed by atoms with E-state index in [0.717, 1.165) is 40.7 Å². The highest BCUT2D eigenvalue weighted by Crippen LogP contribution is 2.30. The van der Waals surface area contributed by atoms with Crippen LogP contribution in [0.1, 0.15) is 17.7 Å². The number of ether oxygens (including phenoxy) is 1. The molecule has 0 fully saturated rings. The number of aromatic nitrogens is 3. The van der Waals surface area contributed by atoms with Crippen LogP contribution in [0.15, 0.2) is 48.8 Å². The molecule has 4 aromatic rings. The van der Waals surface area contributed by atoms with Crippen molar-refractivity contribution in [2.24, 2.45) is 0 Å². The first kappa shape index (κ1) is 16.9. The number of imidazole rings is 1. The van der Waals surface area contributed by atoms with Gasteiger partial charge in [-0.05, 0) is 30.3 Å². The molecule has 0 spiro atoms. The molecule has 6 heteroatoms. The Morgan fingerprint density at radius 3 is 3.04 bits per heavy atom. The molecule has 5 rings (SSSR count). The number of nitrogens with one attached hydrogen (secondary N) is 1. The maximum absolute atomic E-state index is 12.9. The van der Waals surface area contributed by atoms with Crippen LogP contribution in [0.5, 0.6) is 5.75 Å². The van der Waals surface area contributed by atoms with Crippen LogP contribution >= 0.6 is 0 Å². The summed E-state index contributed by atoms with van der Waals surface area (Å²) in [5.41, 5.74) is 5.57. The SMILES string of the molecule is COc1ccc2[nH]c3c(c2c1)CN(C(=O)CCn1cnc2ccccc21)CC3.